The number of ether oxygens (including phenoxy) is 3. The van der Waals surface area contributed by atoms with E-state index in [1.165, 1.54) is 12.0 Å². The van der Waals surface area contributed by atoms with Crippen LogP contribution >= 0.6 is 0 Å². The number of likely N-dealkylation sites (N-methyl/N-ethyl adjacent to an activating group) is 1. The van der Waals surface area contributed by atoms with Crippen LogP contribution < -0.4 is 9.47 Å². The van der Waals surface area contributed by atoms with E-state index in [2.05, 4.69) is 11.1 Å². The average molecular weight is 542 g/mol. The lowest BCUT2D eigenvalue weighted by Crippen LogP contribution is -2.29. The lowest BCUT2D eigenvalue weighted by molar-refractivity contribution is 0.0254. The Morgan fingerprint density at radius 2 is 1.98 bits per heavy atom. The van der Waals surface area contributed by atoms with E-state index in [4.69, 9.17) is 23.7 Å². The van der Waals surface area contributed by atoms with E-state index in [9.17, 15) is 10.1 Å². The third-order valence-corrected chi connectivity index (χ3v) is 7.08. The maximum absolute atomic E-state index is 12.7. The molecule has 2 aromatic carbocycles. The Morgan fingerprint density at radius 3 is 2.70 bits per heavy atom. The first-order chi connectivity index (χ1) is 19.4. The third kappa shape index (κ3) is 5.37. The Hall–Kier alpha value is -4.39. The highest BCUT2D eigenvalue weighted by atomic mass is 16.5. The molecule has 206 valence electrons. The number of rotatable bonds is 8. The SMILES string of the molecule is COc1cc(C(=O)N(C)CCO)ccc1-c1cc2ncc(C)c(-c3ccc(OC4CCOCC4)c(C#N)c3)c2o1. The smallest absolute Gasteiger partial charge is 0.253 e. The number of hydrogen-bond acceptors (Lipinski definition) is 8. The summed E-state index contributed by atoms with van der Waals surface area (Å²) in [6, 6.07) is 14.9. The summed E-state index contributed by atoms with van der Waals surface area (Å²) in [5, 5.41) is 19.1. The molecule has 9 nitrogen and oxygen atoms in total. The second-order valence-electron chi connectivity index (χ2n) is 9.76. The quantitative estimate of drug-likeness (QED) is 0.332. The van der Waals surface area contributed by atoms with Crippen LogP contribution in [0.15, 0.2) is 53.1 Å². The van der Waals surface area contributed by atoms with E-state index in [0.717, 1.165) is 29.5 Å². The van der Waals surface area contributed by atoms with E-state index in [1.54, 1.807) is 31.4 Å². The molecule has 1 aliphatic heterocycles. The number of amides is 1. The largest absolute Gasteiger partial charge is 0.496 e. The highest BCUT2D eigenvalue weighted by molar-refractivity contribution is 5.97. The second-order valence-corrected chi connectivity index (χ2v) is 9.76. The van der Waals surface area contributed by atoms with Gasteiger partial charge in [-0.1, -0.05) is 6.07 Å². The van der Waals surface area contributed by atoms with Crippen LogP contribution in [0.4, 0.5) is 0 Å². The monoisotopic (exact) mass is 541 g/mol. The zero-order chi connectivity index (χ0) is 28.2. The first kappa shape index (κ1) is 27.2. The molecular formula is C31H31N3O6. The minimum absolute atomic E-state index is 0.0282. The molecule has 1 fully saturated rings. The van der Waals surface area contributed by atoms with Gasteiger partial charge >= 0.3 is 0 Å². The molecule has 40 heavy (non-hydrogen) atoms. The maximum Gasteiger partial charge on any atom is 0.253 e. The van der Waals surface area contributed by atoms with Gasteiger partial charge in [0.05, 0.1) is 38.1 Å². The minimum atomic E-state index is -0.222. The fourth-order valence-electron chi connectivity index (χ4n) is 4.91. The zero-order valence-electron chi connectivity index (χ0n) is 22.8. The molecule has 9 heteroatoms. The Kier molecular flexibility index (Phi) is 8.01. The summed E-state index contributed by atoms with van der Waals surface area (Å²) >= 11 is 0. The van der Waals surface area contributed by atoms with Crippen molar-refractivity contribution in [1.82, 2.24) is 9.88 Å². The number of aromatic nitrogens is 1. The van der Waals surface area contributed by atoms with Crippen molar-refractivity contribution in [1.29, 1.82) is 5.26 Å². The van der Waals surface area contributed by atoms with Crippen molar-refractivity contribution < 1.29 is 28.5 Å². The summed E-state index contributed by atoms with van der Waals surface area (Å²) in [5.74, 6) is 1.35. The topological polar surface area (TPSA) is 118 Å². The fraction of sp³-hybridized carbons (Fsp3) is 0.323. The van der Waals surface area contributed by atoms with Gasteiger partial charge in [0.25, 0.3) is 5.91 Å². The zero-order valence-corrected chi connectivity index (χ0v) is 22.8. The molecule has 4 aromatic rings. The number of aryl methyl sites for hydroxylation is 1. The van der Waals surface area contributed by atoms with Crippen LogP contribution in [0.5, 0.6) is 11.5 Å². The Balaban J connectivity index is 1.52. The van der Waals surface area contributed by atoms with Gasteiger partial charge in [-0.3, -0.25) is 9.78 Å². The van der Waals surface area contributed by atoms with Crippen LogP contribution in [0.2, 0.25) is 0 Å². The molecule has 1 amide bonds. The van der Waals surface area contributed by atoms with Gasteiger partial charge in [-0.15, -0.1) is 0 Å². The van der Waals surface area contributed by atoms with E-state index in [0.29, 0.717) is 58.3 Å². The van der Waals surface area contributed by atoms with E-state index in [-0.39, 0.29) is 25.2 Å². The Morgan fingerprint density at radius 1 is 1.18 bits per heavy atom. The van der Waals surface area contributed by atoms with E-state index in [1.807, 2.05) is 31.2 Å². The lowest BCUT2D eigenvalue weighted by Gasteiger charge is -2.24. The highest BCUT2D eigenvalue weighted by Gasteiger charge is 2.21. The van der Waals surface area contributed by atoms with Crippen LogP contribution in [0.25, 0.3) is 33.6 Å². The predicted molar refractivity (Wildman–Crippen MR) is 149 cm³/mol. The first-order valence-electron chi connectivity index (χ1n) is 13.2. The standard InChI is InChI=1S/C31H31N3O6/c1-19-18-33-25-16-28(24-6-4-21(15-27(24)37-3)31(36)34(2)10-11-35)40-30(25)29(19)20-5-7-26(22(14-20)17-32)39-23-8-12-38-13-9-23/h4-7,14-16,18,23,35H,8-13H2,1-3H3. The van der Waals surface area contributed by atoms with Crippen molar-refractivity contribution in [2.45, 2.75) is 25.9 Å². The van der Waals surface area contributed by atoms with Gasteiger partial charge in [0, 0.05) is 49.8 Å². The van der Waals surface area contributed by atoms with Crippen LogP contribution in [-0.4, -0.2) is 67.5 Å². The molecule has 0 radical (unpaired) electrons. The van der Waals surface area contributed by atoms with Crippen molar-refractivity contribution in [3.05, 3.63) is 65.4 Å². The molecule has 3 heterocycles. The average Bonchev–Trinajstić information content (AvgIpc) is 3.41. The molecule has 0 atom stereocenters. The van der Waals surface area contributed by atoms with Crippen LogP contribution in [0.1, 0.15) is 34.3 Å². The molecule has 0 aliphatic carbocycles. The Bertz CT molecular complexity index is 1580. The number of methoxy groups -OCH3 is 1. The lowest BCUT2D eigenvalue weighted by atomic mass is 9.99. The maximum atomic E-state index is 12.7. The number of nitriles is 1. The molecule has 0 spiro atoms. The summed E-state index contributed by atoms with van der Waals surface area (Å²) in [4.78, 5) is 18.7. The number of benzene rings is 2. The second kappa shape index (κ2) is 11.8. The van der Waals surface area contributed by atoms with Gasteiger partial charge in [-0.2, -0.15) is 5.26 Å². The van der Waals surface area contributed by atoms with Crippen molar-refractivity contribution in [2.75, 3.05) is 40.5 Å². The number of carbonyl (C=O) groups excluding carboxylic acids is 1. The summed E-state index contributed by atoms with van der Waals surface area (Å²) < 4.78 is 23.5. The molecule has 1 aliphatic rings. The van der Waals surface area contributed by atoms with E-state index < -0.39 is 0 Å². The third-order valence-electron chi connectivity index (χ3n) is 7.08. The highest BCUT2D eigenvalue weighted by Crippen LogP contribution is 2.40. The van der Waals surface area contributed by atoms with Crippen molar-refractivity contribution in [3.8, 4) is 40.0 Å². The Labute approximate surface area is 232 Å². The molecule has 2 aromatic heterocycles. The number of nitrogens with zero attached hydrogens (tertiary/aromatic N) is 3. The minimum Gasteiger partial charge on any atom is -0.496 e. The number of carbonyl (C=O) groups is 1. The van der Waals surface area contributed by atoms with Gasteiger partial charge in [0.15, 0.2) is 5.58 Å². The van der Waals surface area contributed by atoms with Crippen LogP contribution in [-0.2, 0) is 4.74 Å². The summed E-state index contributed by atoms with van der Waals surface area (Å²) in [6.45, 7) is 3.38. The number of aliphatic hydroxyl groups is 1. The summed E-state index contributed by atoms with van der Waals surface area (Å²) in [6.07, 6.45) is 3.40. The molecule has 1 N–H and O–H groups in total. The number of pyridine rings is 1. The fourth-order valence-corrected chi connectivity index (χ4v) is 4.91. The molecule has 0 unspecified atom stereocenters. The van der Waals surface area contributed by atoms with Crippen LogP contribution in [0, 0.1) is 18.3 Å². The number of furan rings is 1. The summed E-state index contributed by atoms with van der Waals surface area (Å²) in [5.41, 5.74) is 5.35. The molecule has 0 saturated carbocycles. The number of fused-ring (bicyclic) bond motifs is 1. The molecule has 0 bridgehead atoms. The van der Waals surface area contributed by atoms with Gasteiger partial charge in [0.2, 0.25) is 0 Å². The number of aliphatic hydroxyl groups excluding tert-OH is 1. The molecule has 5 rings (SSSR count). The predicted octanol–water partition coefficient (Wildman–Crippen LogP) is 4.97. The van der Waals surface area contributed by atoms with Gasteiger partial charge in [-0.05, 0) is 48.4 Å². The van der Waals surface area contributed by atoms with Crippen molar-refractivity contribution in [2.24, 2.45) is 0 Å². The first-order valence-corrected chi connectivity index (χ1v) is 13.2. The van der Waals surface area contributed by atoms with Crippen LogP contribution in [0.3, 0.4) is 0 Å². The van der Waals surface area contributed by atoms with Gasteiger partial charge in [0.1, 0.15) is 34.9 Å². The van der Waals surface area contributed by atoms with Crippen molar-refractivity contribution >= 4 is 17.0 Å². The number of hydrogen-bond donors (Lipinski definition) is 1. The summed E-state index contributed by atoms with van der Waals surface area (Å²) in [7, 11) is 3.17. The normalized spacial score (nSPS) is 13.7. The molecular weight excluding hydrogens is 510 g/mol. The van der Waals surface area contributed by atoms with Crippen molar-refractivity contribution in [3.63, 3.8) is 0 Å². The molecule has 1 saturated heterocycles. The van der Waals surface area contributed by atoms with Gasteiger partial charge in [-0.25, -0.2) is 0 Å². The van der Waals surface area contributed by atoms with Gasteiger partial charge < -0.3 is 28.6 Å². The van der Waals surface area contributed by atoms with E-state index >= 15 is 0 Å².